The Morgan fingerprint density at radius 3 is 2.67 bits per heavy atom. The largest absolute Gasteiger partial charge is 0.334 e. The van der Waals surface area contributed by atoms with Crippen molar-refractivity contribution in [2.45, 2.75) is 25.4 Å². The van der Waals surface area contributed by atoms with Gasteiger partial charge in [-0.1, -0.05) is 11.6 Å². The number of carbonyl (C=O) groups excluding carboxylic acids is 2. The number of anilines is 1. The molecule has 10 heteroatoms. The Balaban J connectivity index is 1.84. The highest BCUT2D eigenvalue weighted by Crippen LogP contribution is 2.19. The van der Waals surface area contributed by atoms with E-state index in [-0.39, 0.29) is 16.5 Å². The third kappa shape index (κ3) is 5.07. The molecule has 132 valence electrons. The summed E-state index contributed by atoms with van der Waals surface area (Å²) in [5.41, 5.74) is 0.294. The molecule has 2 atom stereocenters. The van der Waals surface area contributed by atoms with Gasteiger partial charge in [0.25, 0.3) is 0 Å². The summed E-state index contributed by atoms with van der Waals surface area (Å²) in [6, 6.07) is 1.74. The zero-order chi connectivity index (χ0) is 17.9. The number of halogens is 2. The number of amides is 3. The van der Waals surface area contributed by atoms with E-state index in [9.17, 15) is 22.4 Å². The van der Waals surface area contributed by atoms with Gasteiger partial charge in [-0.3, -0.25) is 4.79 Å². The Labute approximate surface area is 143 Å². The smallest absolute Gasteiger partial charge is 0.315 e. The zero-order valence-corrected chi connectivity index (χ0v) is 14.4. The standard InChI is InChI=1S/C14H17ClFN3O4S/c1-8(13(20)18-9-2-3-12(16)11(15)6-9)17-14(21)19-10-4-5-24(22,23)7-10/h2-3,6,8,10H,4-5,7H2,1H3,(H,18,20)(H2,17,19,21)/t8-,10+/m0/s1. The highest BCUT2D eigenvalue weighted by molar-refractivity contribution is 7.91. The van der Waals surface area contributed by atoms with E-state index in [4.69, 9.17) is 11.6 Å². The fraction of sp³-hybridized carbons (Fsp3) is 0.429. The van der Waals surface area contributed by atoms with Gasteiger partial charge in [-0.2, -0.15) is 0 Å². The summed E-state index contributed by atoms with van der Waals surface area (Å²) in [5.74, 6) is -1.19. The second-order valence-corrected chi connectivity index (χ2v) is 8.19. The van der Waals surface area contributed by atoms with Crippen molar-refractivity contribution in [3.05, 3.63) is 29.0 Å². The number of urea groups is 1. The Kier molecular flexibility index (Phi) is 5.66. The Hall–Kier alpha value is -1.87. The van der Waals surface area contributed by atoms with Gasteiger partial charge in [0, 0.05) is 11.7 Å². The second-order valence-electron chi connectivity index (χ2n) is 5.56. The van der Waals surface area contributed by atoms with E-state index >= 15 is 0 Å². The molecule has 0 aliphatic carbocycles. The fourth-order valence-electron chi connectivity index (χ4n) is 2.22. The van der Waals surface area contributed by atoms with Crippen molar-refractivity contribution >= 4 is 39.1 Å². The molecule has 1 aromatic carbocycles. The molecular formula is C14H17ClFN3O4S. The van der Waals surface area contributed by atoms with Crippen LogP contribution >= 0.6 is 11.6 Å². The average molecular weight is 378 g/mol. The molecule has 24 heavy (non-hydrogen) atoms. The van der Waals surface area contributed by atoms with Crippen LogP contribution in [0.3, 0.4) is 0 Å². The molecule has 7 nitrogen and oxygen atoms in total. The lowest BCUT2D eigenvalue weighted by Gasteiger charge is -2.17. The highest BCUT2D eigenvalue weighted by Gasteiger charge is 2.29. The van der Waals surface area contributed by atoms with Crippen molar-refractivity contribution in [2.75, 3.05) is 16.8 Å². The van der Waals surface area contributed by atoms with E-state index in [1.807, 2.05) is 0 Å². The van der Waals surface area contributed by atoms with Crippen molar-refractivity contribution in [2.24, 2.45) is 0 Å². The van der Waals surface area contributed by atoms with Gasteiger partial charge in [0.05, 0.1) is 16.5 Å². The van der Waals surface area contributed by atoms with Crippen LogP contribution < -0.4 is 16.0 Å². The van der Waals surface area contributed by atoms with Gasteiger partial charge in [0.2, 0.25) is 5.91 Å². The monoisotopic (exact) mass is 377 g/mol. The van der Waals surface area contributed by atoms with Crippen LogP contribution in [0.15, 0.2) is 18.2 Å². The summed E-state index contributed by atoms with van der Waals surface area (Å²) in [4.78, 5) is 23.8. The SMILES string of the molecule is C[C@H](NC(=O)N[C@@H]1CCS(=O)(=O)C1)C(=O)Nc1ccc(F)c(Cl)c1. The molecular weight excluding hydrogens is 361 g/mol. The molecule has 3 amide bonds. The van der Waals surface area contributed by atoms with Gasteiger partial charge in [-0.25, -0.2) is 17.6 Å². The first-order valence-electron chi connectivity index (χ1n) is 7.19. The Morgan fingerprint density at radius 1 is 1.38 bits per heavy atom. The predicted octanol–water partition coefficient (Wildman–Crippen LogP) is 1.29. The van der Waals surface area contributed by atoms with E-state index in [2.05, 4.69) is 16.0 Å². The molecule has 1 saturated heterocycles. The van der Waals surface area contributed by atoms with Crippen LogP contribution in [0.2, 0.25) is 5.02 Å². The number of rotatable bonds is 4. The summed E-state index contributed by atoms with van der Waals surface area (Å²) < 4.78 is 35.7. The van der Waals surface area contributed by atoms with Crippen LogP contribution in [0, 0.1) is 5.82 Å². The van der Waals surface area contributed by atoms with E-state index in [0.717, 1.165) is 6.07 Å². The molecule has 0 spiro atoms. The molecule has 2 rings (SSSR count). The molecule has 1 fully saturated rings. The normalized spacial score (nSPS) is 20.2. The number of sulfone groups is 1. The molecule has 1 aliphatic rings. The molecule has 1 aliphatic heterocycles. The van der Waals surface area contributed by atoms with Crippen LogP contribution in [0.1, 0.15) is 13.3 Å². The maximum atomic E-state index is 13.1. The van der Waals surface area contributed by atoms with Crippen molar-refractivity contribution in [3.8, 4) is 0 Å². The molecule has 0 unspecified atom stereocenters. The van der Waals surface area contributed by atoms with Crippen LogP contribution in [0.5, 0.6) is 0 Å². The molecule has 0 radical (unpaired) electrons. The van der Waals surface area contributed by atoms with Crippen LogP contribution in [0.4, 0.5) is 14.9 Å². The topological polar surface area (TPSA) is 104 Å². The molecule has 0 aromatic heterocycles. The fourth-order valence-corrected chi connectivity index (χ4v) is 4.08. The van der Waals surface area contributed by atoms with Crippen LogP contribution in [0.25, 0.3) is 0 Å². The number of carbonyl (C=O) groups is 2. The lowest BCUT2D eigenvalue weighted by Crippen LogP contribution is -2.49. The van der Waals surface area contributed by atoms with Crippen LogP contribution in [-0.2, 0) is 14.6 Å². The number of nitrogens with one attached hydrogen (secondary N) is 3. The Morgan fingerprint density at radius 2 is 2.08 bits per heavy atom. The van der Waals surface area contributed by atoms with E-state index in [1.54, 1.807) is 0 Å². The minimum Gasteiger partial charge on any atom is -0.334 e. The summed E-state index contributed by atoms with van der Waals surface area (Å²) >= 11 is 5.62. The van der Waals surface area contributed by atoms with Crippen molar-refractivity contribution in [1.82, 2.24) is 10.6 Å². The van der Waals surface area contributed by atoms with Crippen molar-refractivity contribution < 1.29 is 22.4 Å². The van der Waals surface area contributed by atoms with Gasteiger partial charge in [-0.05, 0) is 31.5 Å². The van der Waals surface area contributed by atoms with E-state index in [1.165, 1.54) is 19.1 Å². The number of hydrogen-bond donors (Lipinski definition) is 3. The second kappa shape index (κ2) is 7.35. The zero-order valence-electron chi connectivity index (χ0n) is 12.8. The van der Waals surface area contributed by atoms with Gasteiger partial charge < -0.3 is 16.0 Å². The quantitative estimate of drug-likeness (QED) is 0.735. The van der Waals surface area contributed by atoms with E-state index in [0.29, 0.717) is 12.1 Å². The minimum atomic E-state index is -3.10. The lowest BCUT2D eigenvalue weighted by molar-refractivity contribution is -0.117. The molecule has 1 heterocycles. The van der Waals surface area contributed by atoms with Gasteiger partial charge in [0.15, 0.2) is 9.84 Å². The van der Waals surface area contributed by atoms with Gasteiger partial charge >= 0.3 is 6.03 Å². The van der Waals surface area contributed by atoms with Crippen LogP contribution in [-0.4, -0.2) is 43.9 Å². The predicted molar refractivity (Wildman–Crippen MR) is 88.2 cm³/mol. The molecule has 3 N–H and O–H groups in total. The van der Waals surface area contributed by atoms with Crippen molar-refractivity contribution in [1.29, 1.82) is 0 Å². The van der Waals surface area contributed by atoms with Crippen molar-refractivity contribution in [3.63, 3.8) is 0 Å². The summed E-state index contributed by atoms with van der Waals surface area (Å²) in [5, 5.41) is 7.30. The minimum absolute atomic E-state index is 0.0410. The molecule has 0 bridgehead atoms. The summed E-state index contributed by atoms with van der Waals surface area (Å²) in [6.45, 7) is 1.46. The van der Waals surface area contributed by atoms with Gasteiger partial charge in [-0.15, -0.1) is 0 Å². The third-order valence-corrected chi connectivity index (χ3v) is 5.55. The lowest BCUT2D eigenvalue weighted by atomic mass is 10.2. The maximum absolute atomic E-state index is 13.1. The third-order valence-electron chi connectivity index (χ3n) is 3.50. The number of benzene rings is 1. The Bertz CT molecular complexity index is 756. The molecule has 1 aromatic rings. The first-order valence-corrected chi connectivity index (χ1v) is 9.39. The first kappa shape index (κ1) is 18.5. The molecule has 0 saturated carbocycles. The highest BCUT2D eigenvalue weighted by atomic mass is 35.5. The summed E-state index contributed by atoms with van der Waals surface area (Å²) in [6.07, 6.45) is 0.352. The van der Waals surface area contributed by atoms with Gasteiger partial charge in [0.1, 0.15) is 11.9 Å². The maximum Gasteiger partial charge on any atom is 0.315 e. The average Bonchev–Trinajstić information content (AvgIpc) is 2.81. The number of hydrogen-bond acceptors (Lipinski definition) is 4. The van der Waals surface area contributed by atoms with E-state index < -0.39 is 39.7 Å². The summed E-state index contributed by atoms with van der Waals surface area (Å²) in [7, 11) is -3.10. The first-order chi connectivity index (χ1) is 11.2.